The highest BCUT2D eigenvalue weighted by Gasteiger charge is 2.28. The molecule has 1 unspecified atom stereocenters. The second kappa shape index (κ2) is 6.83. The molecule has 26 heavy (non-hydrogen) atoms. The topological polar surface area (TPSA) is 86.5 Å². The molecule has 1 N–H and O–H groups in total. The van der Waals surface area contributed by atoms with E-state index in [4.69, 9.17) is 13.9 Å². The van der Waals surface area contributed by atoms with Crippen LogP contribution in [0.2, 0.25) is 0 Å². The van der Waals surface area contributed by atoms with E-state index in [1.165, 1.54) is 12.1 Å². The molecule has 0 aliphatic carbocycles. The van der Waals surface area contributed by atoms with Crippen molar-refractivity contribution in [2.45, 2.75) is 12.5 Å². The van der Waals surface area contributed by atoms with Crippen LogP contribution in [-0.2, 0) is 11.2 Å². The molecule has 2 heterocycles. The molecule has 1 atom stereocenters. The maximum atomic E-state index is 12.9. The number of aromatic nitrogens is 2. The average molecular weight is 355 g/mol. The molecule has 0 bridgehead atoms. The Labute approximate surface area is 147 Å². The van der Waals surface area contributed by atoms with Crippen LogP contribution in [0.3, 0.4) is 0 Å². The number of rotatable bonds is 4. The SMILES string of the molecule is O=C(Nc1nnc(Cc2ccc(F)cc2)o1)C1COc2ccccc2O1. The highest BCUT2D eigenvalue weighted by Crippen LogP contribution is 2.31. The lowest BCUT2D eigenvalue weighted by molar-refractivity contribution is -0.125. The second-order valence-electron chi connectivity index (χ2n) is 5.66. The fourth-order valence-corrected chi connectivity index (χ4v) is 2.49. The van der Waals surface area contributed by atoms with Crippen molar-refractivity contribution in [1.29, 1.82) is 0 Å². The Kier molecular flexibility index (Phi) is 4.22. The zero-order chi connectivity index (χ0) is 17.9. The molecule has 0 saturated carbocycles. The predicted octanol–water partition coefficient (Wildman–Crippen LogP) is 2.58. The summed E-state index contributed by atoms with van der Waals surface area (Å²) in [5.41, 5.74) is 0.813. The average Bonchev–Trinajstić information content (AvgIpc) is 3.10. The first-order valence-electron chi connectivity index (χ1n) is 7.93. The van der Waals surface area contributed by atoms with Gasteiger partial charge in [-0.25, -0.2) is 4.39 Å². The Balaban J connectivity index is 1.38. The van der Waals surface area contributed by atoms with Crippen LogP contribution in [-0.4, -0.2) is 28.8 Å². The molecule has 0 fully saturated rings. The number of nitrogens with zero attached hydrogens (tertiary/aromatic N) is 2. The van der Waals surface area contributed by atoms with Gasteiger partial charge in [-0.05, 0) is 29.8 Å². The van der Waals surface area contributed by atoms with Gasteiger partial charge in [0.25, 0.3) is 5.91 Å². The smallest absolute Gasteiger partial charge is 0.322 e. The third-order valence-corrected chi connectivity index (χ3v) is 3.77. The number of para-hydroxylation sites is 2. The third-order valence-electron chi connectivity index (χ3n) is 3.77. The lowest BCUT2D eigenvalue weighted by Gasteiger charge is -2.24. The van der Waals surface area contributed by atoms with Gasteiger partial charge in [-0.3, -0.25) is 10.1 Å². The van der Waals surface area contributed by atoms with Gasteiger partial charge in [-0.2, -0.15) is 0 Å². The Morgan fingerprint density at radius 2 is 1.88 bits per heavy atom. The summed E-state index contributed by atoms with van der Waals surface area (Å²) in [6, 6.07) is 13.0. The summed E-state index contributed by atoms with van der Waals surface area (Å²) in [5.74, 6) is 0.635. The van der Waals surface area contributed by atoms with Gasteiger partial charge in [0.2, 0.25) is 12.0 Å². The molecule has 1 aliphatic heterocycles. The number of halogens is 1. The summed E-state index contributed by atoms with van der Waals surface area (Å²) < 4.78 is 29.4. The van der Waals surface area contributed by atoms with Crippen molar-refractivity contribution in [2.75, 3.05) is 11.9 Å². The number of hydrogen-bond acceptors (Lipinski definition) is 6. The van der Waals surface area contributed by atoms with Crippen molar-refractivity contribution >= 4 is 11.9 Å². The van der Waals surface area contributed by atoms with E-state index in [0.717, 1.165) is 5.56 Å². The van der Waals surface area contributed by atoms with E-state index < -0.39 is 12.0 Å². The minimum Gasteiger partial charge on any atom is -0.485 e. The first kappa shape index (κ1) is 16.1. The molecule has 0 saturated heterocycles. The Bertz CT molecular complexity index is 926. The predicted molar refractivity (Wildman–Crippen MR) is 88.5 cm³/mol. The summed E-state index contributed by atoms with van der Waals surface area (Å²) in [7, 11) is 0. The van der Waals surface area contributed by atoms with E-state index in [1.54, 1.807) is 30.3 Å². The van der Waals surface area contributed by atoms with Crippen LogP contribution in [0.5, 0.6) is 11.5 Å². The maximum absolute atomic E-state index is 12.9. The van der Waals surface area contributed by atoms with Gasteiger partial charge >= 0.3 is 6.01 Å². The fraction of sp³-hybridized carbons (Fsp3) is 0.167. The van der Waals surface area contributed by atoms with Gasteiger partial charge in [0, 0.05) is 0 Å². The van der Waals surface area contributed by atoms with Gasteiger partial charge in [0.15, 0.2) is 11.5 Å². The second-order valence-corrected chi connectivity index (χ2v) is 5.66. The normalized spacial score (nSPS) is 15.5. The van der Waals surface area contributed by atoms with Crippen molar-refractivity contribution in [3.63, 3.8) is 0 Å². The first-order valence-corrected chi connectivity index (χ1v) is 7.93. The molecule has 3 aromatic rings. The third kappa shape index (κ3) is 3.49. The van der Waals surface area contributed by atoms with E-state index in [1.807, 2.05) is 6.07 Å². The molecule has 1 aromatic heterocycles. The molecule has 1 amide bonds. The summed E-state index contributed by atoms with van der Waals surface area (Å²) in [4.78, 5) is 12.3. The van der Waals surface area contributed by atoms with E-state index >= 15 is 0 Å². The van der Waals surface area contributed by atoms with Crippen molar-refractivity contribution in [3.05, 3.63) is 65.8 Å². The van der Waals surface area contributed by atoms with Crippen LogP contribution in [0.4, 0.5) is 10.4 Å². The number of nitrogens with one attached hydrogen (secondary N) is 1. The van der Waals surface area contributed by atoms with Crippen LogP contribution in [0.15, 0.2) is 52.9 Å². The van der Waals surface area contributed by atoms with E-state index in [9.17, 15) is 9.18 Å². The monoisotopic (exact) mass is 355 g/mol. The van der Waals surface area contributed by atoms with Gasteiger partial charge in [-0.15, -0.1) is 5.10 Å². The minimum absolute atomic E-state index is 0.0328. The van der Waals surface area contributed by atoms with Crippen molar-refractivity contribution in [2.24, 2.45) is 0 Å². The quantitative estimate of drug-likeness (QED) is 0.774. The first-order chi connectivity index (χ1) is 12.7. The molecule has 0 radical (unpaired) electrons. The van der Waals surface area contributed by atoms with E-state index in [0.29, 0.717) is 23.8 Å². The number of carbonyl (C=O) groups is 1. The standard InChI is InChI=1S/C18H14FN3O4/c19-12-7-5-11(6-8-12)9-16-21-22-18(26-16)20-17(23)15-10-24-13-3-1-2-4-14(13)25-15/h1-8,15H,9-10H2,(H,20,22,23). The fourth-order valence-electron chi connectivity index (χ4n) is 2.49. The van der Waals surface area contributed by atoms with Gasteiger partial charge in [0.05, 0.1) is 6.42 Å². The molecular formula is C18H14FN3O4. The number of benzene rings is 2. The van der Waals surface area contributed by atoms with Crippen LogP contribution >= 0.6 is 0 Å². The Morgan fingerprint density at radius 3 is 2.69 bits per heavy atom. The highest BCUT2D eigenvalue weighted by molar-refractivity contribution is 5.92. The molecular weight excluding hydrogens is 341 g/mol. The maximum Gasteiger partial charge on any atom is 0.322 e. The summed E-state index contributed by atoms with van der Waals surface area (Å²) in [6.45, 7) is 0.0828. The number of ether oxygens (including phenoxy) is 2. The number of hydrogen-bond donors (Lipinski definition) is 1. The zero-order valence-electron chi connectivity index (χ0n) is 13.5. The van der Waals surface area contributed by atoms with E-state index in [2.05, 4.69) is 15.5 Å². The molecule has 8 heteroatoms. The number of anilines is 1. The largest absolute Gasteiger partial charge is 0.485 e. The number of fused-ring (bicyclic) bond motifs is 1. The van der Waals surface area contributed by atoms with Crippen LogP contribution in [0.1, 0.15) is 11.5 Å². The summed E-state index contributed by atoms with van der Waals surface area (Å²) in [5, 5.41) is 10.2. The van der Waals surface area contributed by atoms with Crippen molar-refractivity contribution in [3.8, 4) is 11.5 Å². The molecule has 1 aliphatic rings. The zero-order valence-corrected chi connectivity index (χ0v) is 13.5. The van der Waals surface area contributed by atoms with Gasteiger partial charge in [-0.1, -0.05) is 29.4 Å². The van der Waals surface area contributed by atoms with Crippen LogP contribution in [0, 0.1) is 5.82 Å². The molecule has 7 nitrogen and oxygen atoms in total. The summed E-state index contributed by atoms with van der Waals surface area (Å²) >= 11 is 0. The number of amides is 1. The van der Waals surface area contributed by atoms with Crippen LogP contribution in [0.25, 0.3) is 0 Å². The van der Waals surface area contributed by atoms with E-state index in [-0.39, 0.29) is 18.4 Å². The molecule has 0 spiro atoms. The number of carbonyl (C=O) groups excluding carboxylic acids is 1. The lowest BCUT2D eigenvalue weighted by Crippen LogP contribution is -2.40. The van der Waals surface area contributed by atoms with Crippen LogP contribution < -0.4 is 14.8 Å². The molecule has 4 rings (SSSR count). The Hall–Kier alpha value is -3.42. The Morgan fingerprint density at radius 1 is 1.12 bits per heavy atom. The van der Waals surface area contributed by atoms with Crippen molar-refractivity contribution < 1.29 is 23.1 Å². The summed E-state index contributed by atoms with van der Waals surface area (Å²) in [6.07, 6.45) is -0.489. The molecule has 2 aromatic carbocycles. The van der Waals surface area contributed by atoms with Gasteiger partial charge in [0.1, 0.15) is 12.4 Å². The lowest BCUT2D eigenvalue weighted by atomic mass is 10.1. The molecule has 132 valence electrons. The minimum atomic E-state index is -0.822. The highest BCUT2D eigenvalue weighted by atomic mass is 19.1. The van der Waals surface area contributed by atoms with Gasteiger partial charge < -0.3 is 13.9 Å². The van der Waals surface area contributed by atoms with Crippen molar-refractivity contribution in [1.82, 2.24) is 10.2 Å².